The monoisotopic (exact) mass is 536 g/mol. The lowest BCUT2D eigenvalue weighted by atomic mass is 9.92. The number of fused-ring (bicyclic) bond motifs is 1. The van der Waals surface area contributed by atoms with Gasteiger partial charge in [0.25, 0.3) is 0 Å². The number of aryl methyl sites for hydroxylation is 1. The fourth-order valence-electron chi connectivity index (χ4n) is 4.66. The highest BCUT2D eigenvalue weighted by atomic mass is 16.6. The summed E-state index contributed by atoms with van der Waals surface area (Å²) in [7, 11) is 0. The summed E-state index contributed by atoms with van der Waals surface area (Å²) >= 11 is 0. The molecule has 40 heavy (non-hydrogen) atoms. The molecule has 6 heteroatoms. The van der Waals surface area contributed by atoms with Crippen molar-refractivity contribution in [2.45, 2.75) is 46.6 Å². The van der Waals surface area contributed by atoms with E-state index in [0.29, 0.717) is 41.1 Å². The lowest BCUT2D eigenvalue weighted by molar-refractivity contribution is -0.144. The van der Waals surface area contributed by atoms with E-state index in [1.165, 1.54) is 0 Å². The first kappa shape index (κ1) is 28.3. The fraction of sp³-hybridized carbons (Fsp3) is 0.206. The molecule has 0 bridgehead atoms. The first-order valence-electron chi connectivity index (χ1n) is 12.9. The summed E-state index contributed by atoms with van der Waals surface area (Å²) in [6.07, 6.45) is 0.654. The van der Waals surface area contributed by atoms with E-state index in [-0.39, 0.29) is 5.57 Å². The molecule has 0 heterocycles. The first-order valence-corrected chi connectivity index (χ1v) is 12.9. The van der Waals surface area contributed by atoms with E-state index in [1.54, 1.807) is 32.9 Å². The number of rotatable bonds is 8. The van der Waals surface area contributed by atoms with Crippen LogP contribution in [0.25, 0.3) is 22.3 Å². The van der Waals surface area contributed by atoms with E-state index >= 15 is 0 Å². The third kappa shape index (κ3) is 5.96. The van der Waals surface area contributed by atoms with Gasteiger partial charge in [-0.2, -0.15) is 0 Å². The minimum Gasteiger partial charge on any atom is -0.454 e. The van der Waals surface area contributed by atoms with Crippen molar-refractivity contribution in [3.63, 3.8) is 0 Å². The van der Waals surface area contributed by atoms with Crippen LogP contribution < -0.4 is 9.47 Å². The van der Waals surface area contributed by atoms with E-state index in [4.69, 9.17) is 14.2 Å². The molecular formula is C34H32O6. The molecule has 0 radical (unpaired) electrons. The normalized spacial score (nSPS) is 13.7. The van der Waals surface area contributed by atoms with Crippen LogP contribution in [0.1, 0.15) is 50.0 Å². The van der Waals surface area contributed by atoms with Crippen LogP contribution in [-0.4, -0.2) is 17.9 Å². The summed E-state index contributed by atoms with van der Waals surface area (Å²) in [6, 6.07) is 17.2. The minimum absolute atomic E-state index is 0.274. The van der Waals surface area contributed by atoms with E-state index < -0.39 is 24.0 Å². The SMILES string of the molecule is C=C(C)C(=O)Oc1cccc(-c2ccc(-c3ccc(OC(=O)C(=C)C)c4c3CCC4OC(=O)C(=C)C)cc2C)c1. The molecule has 0 saturated carbocycles. The van der Waals surface area contributed by atoms with Crippen molar-refractivity contribution in [3.05, 3.63) is 108 Å². The molecule has 1 aliphatic carbocycles. The maximum Gasteiger partial charge on any atom is 0.338 e. The highest BCUT2D eigenvalue weighted by Gasteiger charge is 2.33. The zero-order valence-electron chi connectivity index (χ0n) is 23.3. The molecule has 4 rings (SSSR count). The Morgan fingerprint density at radius 1 is 0.750 bits per heavy atom. The number of benzene rings is 3. The summed E-state index contributed by atoms with van der Waals surface area (Å²) < 4.78 is 16.8. The molecule has 0 saturated heterocycles. The van der Waals surface area contributed by atoms with E-state index in [9.17, 15) is 14.4 Å². The van der Waals surface area contributed by atoms with Gasteiger partial charge in [0.05, 0.1) is 0 Å². The first-order chi connectivity index (χ1) is 19.0. The number of carbonyl (C=O) groups excluding carboxylic acids is 3. The average Bonchev–Trinajstić information content (AvgIpc) is 3.32. The van der Waals surface area contributed by atoms with E-state index in [0.717, 1.165) is 33.4 Å². The molecule has 6 nitrogen and oxygen atoms in total. The van der Waals surface area contributed by atoms with Crippen molar-refractivity contribution in [2.24, 2.45) is 0 Å². The largest absolute Gasteiger partial charge is 0.454 e. The Bertz CT molecular complexity index is 1580. The number of esters is 3. The van der Waals surface area contributed by atoms with Crippen LogP contribution in [0, 0.1) is 6.92 Å². The highest BCUT2D eigenvalue weighted by Crippen LogP contribution is 2.46. The lowest BCUT2D eigenvalue weighted by Crippen LogP contribution is -2.14. The van der Waals surface area contributed by atoms with Gasteiger partial charge < -0.3 is 14.2 Å². The standard InChI is InChI=1S/C34H32O6/c1-19(2)32(35)38-25-10-8-9-23(18-25)26-12-11-24(17-22(26)7)27-13-15-29(39-33(36)20(3)4)31-28(27)14-16-30(31)40-34(37)21(5)6/h8-13,15,17-18,30H,1,3,5,14,16H2,2,4,6-7H3. The van der Waals surface area contributed by atoms with Gasteiger partial charge >= 0.3 is 17.9 Å². The Kier molecular flexibility index (Phi) is 8.19. The lowest BCUT2D eigenvalue weighted by Gasteiger charge is -2.19. The minimum atomic E-state index is -0.558. The van der Waals surface area contributed by atoms with Crippen LogP contribution in [0.2, 0.25) is 0 Å². The molecule has 0 N–H and O–H groups in total. The van der Waals surface area contributed by atoms with Gasteiger partial charge in [-0.05, 0) is 92.1 Å². The molecule has 204 valence electrons. The van der Waals surface area contributed by atoms with Gasteiger partial charge in [0, 0.05) is 22.3 Å². The molecule has 0 aliphatic heterocycles. The van der Waals surface area contributed by atoms with Crippen LogP contribution >= 0.6 is 0 Å². The van der Waals surface area contributed by atoms with Crippen LogP contribution in [0.4, 0.5) is 0 Å². The Balaban J connectivity index is 1.72. The van der Waals surface area contributed by atoms with E-state index in [1.807, 2.05) is 43.3 Å². The van der Waals surface area contributed by atoms with Gasteiger partial charge in [-0.15, -0.1) is 0 Å². The third-order valence-corrected chi connectivity index (χ3v) is 6.69. The second kappa shape index (κ2) is 11.6. The van der Waals surface area contributed by atoms with Crippen molar-refractivity contribution in [2.75, 3.05) is 0 Å². The Morgan fingerprint density at radius 2 is 1.38 bits per heavy atom. The van der Waals surface area contributed by atoms with Crippen molar-refractivity contribution >= 4 is 17.9 Å². The Hall–Kier alpha value is -4.71. The van der Waals surface area contributed by atoms with Gasteiger partial charge in [-0.25, -0.2) is 14.4 Å². The number of ether oxygens (including phenoxy) is 3. The molecule has 0 fully saturated rings. The second-order valence-electron chi connectivity index (χ2n) is 10.1. The zero-order chi connectivity index (χ0) is 29.1. The summed E-state index contributed by atoms with van der Waals surface area (Å²) in [4.78, 5) is 36.7. The van der Waals surface area contributed by atoms with Crippen LogP contribution in [0.5, 0.6) is 11.5 Å². The predicted molar refractivity (Wildman–Crippen MR) is 155 cm³/mol. The molecule has 0 spiro atoms. The van der Waals surface area contributed by atoms with Gasteiger partial charge in [0.1, 0.15) is 17.6 Å². The summed E-state index contributed by atoms with van der Waals surface area (Å²) in [5, 5.41) is 0. The topological polar surface area (TPSA) is 78.9 Å². The molecule has 0 amide bonds. The van der Waals surface area contributed by atoms with Crippen LogP contribution in [0.15, 0.2) is 91.1 Å². The second-order valence-corrected chi connectivity index (χ2v) is 10.1. The molecule has 3 aromatic rings. The van der Waals surface area contributed by atoms with Gasteiger partial charge in [0.2, 0.25) is 0 Å². The van der Waals surface area contributed by atoms with Crippen molar-refractivity contribution < 1.29 is 28.6 Å². The number of hydrogen-bond donors (Lipinski definition) is 0. The summed E-state index contributed by atoms with van der Waals surface area (Å²) in [5.41, 5.74) is 7.44. The van der Waals surface area contributed by atoms with Crippen molar-refractivity contribution in [3.8, 4) is 33.8 Å². The van der Waals surface area contributed by atoms with Gasteiger partial charge in [0.15, 0.2) is 0 Å². The Labute approximate surface area is 234 Å². The van der Waals surface area contributed by atoms with Gasteiger partial charge in [-0.3, -0.25) is 0 Å². The third-order valence-electron chi connectivity index (χ3n) is 6.69. The van der Waals surface area contributed by atoms with E-state index in [2.05, 4.69) is 25.8 Å². The quantitative estimate of drug-likeness (QED) is 0.170. The fourth-order valence-corrected chi connectivity index (χ4v) is 4.66. The van der Waals surface area contributed by atoms with Crippen molar-refractivity contribution in [1.29, 1.82) is 0 Å². The number of hydrogen-bond acceptors (Lipinski definition) is 6. The summed E-state index contributed by atoms with van der Waals surface area (Å²) in [6.45, 7) is 17.8. The van der Waals surface area contributed by atoms with Gasteiger partial charge in [-0.1, -0.05) is 56.1 Å². The predicted octanol–water partition coefficient (Wildman–Crippen LogP) is 7.40. The Morgan fingerprint density at radius 3 is 2.02 bits per heavy atom. The highest BCUT2D eigenvalue weighted by molar-refractivity contribution is 5.90. The maximum absolute atomic E-state index is 12.4. The molecule has 1 unspecified atom stereocenters. The average molecular weight is 537 g/mol. The van der Waals surface area contributed by atoms with Crippen LogP contribution in [-0.2, 0) is 25.5 Å². The maximum atomic E-state index is 12.4. The molecular weight excluding hydrogens is 504 g/mol. The molecule has 3 aromatic carbocycles. The smallest absolute Gasteiger partial charge is 0.338 e. The molecule has 1 aliphatic rings. The van der Waals surface area contributed by atoms with Crippen molar-refractivity contribution in [1.82, 2.24) is 0 Å². The summed E-state index contributed by atoms with van der Waals surface area (Å²) in [5.74, 6) is -0.692. The molecule has 0 aromatic heterocycles. The number of carbonyl (C=O) groups is 3. The zero-order valence-corrected chi connectivity index (χ0v) is 23.3. The molecule has 1 atom stereocenters. The van der Waals surface area contributed by atoms with Crippen LogP contribution in [0.3, 0.4) is 0 Å².